The smallest absolute Gasteiger partial charge is 0.0155 e. The summed E-state index contributed by atoms with van der Waals surface area (Å²) in [6.45, 7) is 6.20. The fourth-order valence-electron chi connectivity index (χ4n) is 3.89. The van der Waals surface area contributed by atoms with Gasteiger partial charge in [-0.25, -0.2) is 0 Å². The van der Waals surface area contributed by atoms with E-state index in [1.165, 1.54) is 12.8 Å². The van der Waals surface area contributed by atoms with Gasteiger partial charge in [-0.1, -0.05) is 13.3 Å². The second-order valence-electron chi connectivity index (χ2n) is 7.84. The van der Waals surface area contributed by atoms with Gasteiger partial charge in [0.1, 0.15) is 0 Å². The van der Waals surface area contributed by atoms with Gasteiger partial charge in [0, 0.05) is 11.6 Å². The van der Waals surface area contributed by atoms with Crippen LogP contribution >= 0.6 is 0 Å². The maximum absolute atomic E-state index is 6.77. The molecule has 11 N–H and O–H groups in total. The molecule has 2 atom stereocenters. The van der Waals surface area contributed by atoms with Crippen molar-refractivity contribution < 1.29 is 0 Å². The van der Waals surface area contributed by atoms with E-state index < -0.39 is 0 Å². The summed E-state index contributed by atoms with van der Waals surface area (Å²) in [4.78, 5) is 0. The van der Waals surface area contributed by atoms with Gasteiger partial charge in [-0.05, 0) is 103 Å². The van der Waals surface area contributed by atoms with Crippen LogP contribution in [0.2, 0.25) is 0 Å². The summed E-state index contributed by atoms with van der Waals surface area (Å²) in [6, 6.07) is 0.535. The molecular weight excluding hydrogens is 324 g/mol. The van der Waals surface area contributed by atoms with E-state index >= 15 is 0 Å². The van der Waals surface area contributed by atoms with Crippen LogP contribution in [0.3, 0.4) is 0 Å². The quantitative estimate of drug-likeness (QED) is 0.189. The van der Waals surface area contributed by atoms with Crippen LogP contribution in [-0.2, 0) is 0 Å². The molecule has 0 amide bonds. The van der Waals surface area contributed by atoms with Gasteiger partial charge in [-0.15, -0.1) is 0 Å². The molecule has 0 radical (unpaired) electrons. The van der Waals surface area contributed by atoms with Crippen molar-refractivity contribution in [3.8, 4) is 0 Å². The van der Waals surface area contributed by atoms with Crippen molar-refractivity contribution in [2.45, 2.75) is 89.1 Å². The highest BCUT2D eigenvalue weighted by molar-refractivity contribution is 4.87. The molecule has 26 heavy (non-hydrogen) atoms. The van der Waals surface area contributed by atoms with Crippen LogP contribution < -0.4 is 34.0 Å². The minimum Gasteiger partial charge on any atom is -0.330 e. The predicted octanol–water partition coefficient (Wildman–Crippen LogP) is 1.40. The molecule has 2 unspecified atom stereocenters. The third-order valence-electron chi connectivity index (χ3n) is 5.60. The van der Waals surface area contributed by atoms with Crippen molar-refractivity contribution in [2.24, 2.45) is 34.6 Å². The highest BCUT2D eigenvalue weighted by Crippen LogP contribution is 2.28. The van der Waals surface area contributed by atoms with E-state index in [0.717, 1.165) is 77.4 Å². The molecular formula is C20H48N6. The lowest BCUT2D eigenvalue weighted by Gasteiger charge is -2.34. The lowest BCUT2D eigenvalue weighted by molar-refractivity contribution is 0.245. The Morgan fingerprint density at radius 1 is 0.731 bits per heavy atom. The highest BCUT2D eigenvalue weighted by atomic mass is 14.9. The predicted molar refractivity (Wildman–Crippen MR) is 115 cm³/mol. The monoisotopic (exact) mass is 372 g/mol. The number of nitrogens with one attached hydrogen (secondary N) is 1. The Kier molecular flexibility index (Phi) is 16.7. The molecule has 0 spiro atoms. The zero-order chi connectivity index (χ0) is 19.7. The maximum atomic E-state index is 6.77. The fraction of sp³-hybridized carbons (Fsp3) is 1.00. The van der Waals surface area contributed by atoms with E-state index in [1.54, 1.807) is 0 Å². The molecule has 0 heterocycles. The lowest BCUT2D eigenvalue weighted by Crippen LogP contribution is -2.43. The molecule has 0 saturated carbocycles. The Hall–Kier alpha value is -0.240. The Morgan fingerprint density at radius 2 is 1.31 bits per heavy atom. The molecule has 0 aliphatic carbocycles. The van der Waals surface area contributed by atoms with Crippen LogP contribution in [0.4, 0.5) is 0 Å². The second-order valence-corrected chi connectivity index (χ2v) is 7.84. The van der Waals surface area contributed by atoms with Crippen molar-refractivity contribution in [1.82, 2.24) is 5.32 Å². The Morgan fingerprint density at radius 3 is 1.81 bits per heavy atom. The SMILES string of the molecule is CCC(NCCCN)C(CCCCN)CCC(N)(CCCN)CCCN. The summed E-state index contributed by atoms with van der Waals surface area (Å²) in [6.07, 6.45) is 11.9. The lowest BCUT2D eigenvalue weighted by atomic mass is 9.79. The molecule has 0 fully saturated rings. The van der Waals surface area contributed by atoms with Gasteiger partial charge >= 0.3 is 0 Å². The van der Waals surface area contributed by atoms with Crippen LogP contribution in [0.15, 0.2) is 0 Å². The number of hydrogen-bond acceptors (Lipinski definition) is 6. The van der Waals surface area contributed by atoms with Gasteiger partial charge < -0.3 is 34.0 Å². The molecule has 0 aliphatic rings. The van der Waals surface area contributed by atoms with E-state index in [4.69, 9.17) is 28.7 Å². The zero-order valence-corrected chi connectivity index (χ0v) is 17.4. The molecule has 0 rings (SSSR count). The van der Waals surface area contributed by atoms with Crippen molar-refractivity contribution in [2.75, 3.05) is 32.7 Å². The number of hydrogen-bond donors (Lipinski definition) is 6. The third kappa shape index (κ3) is 12.2. The van der Waals surface area contributed by atoms with E-state index in [9.17, 15) is 0 Å². The molecule has 0 saturated heterocycles. The molecule has 6 nitrogen and oxygen atoms in total. The Labute approximate surface area is 162 Å². The molecule has 6 heteroatoms. The highest BCUT2D eigenvalue weighted by Gasteiger charge is 2.27. The number of rotatable bonds is 19. The first kappa shape index (κ1) is 25.8. The minimum atomic E-state index is -0.125. The summed E-state index contributed by atoms with van der Waals surface area (Å²) in [7, 11) is 0. The van der Waals surface area contributed by atoms with Crippen molar-refractivity contribution >= 4 is 0 Å². The van der Waals surface area contributed by atoms with Crippen LogP contribution in [0.1, 0.15) is 77.6 Å². The first-order chi connectivity index (χ1) is 12.6. The Balaban J connectivity index is 4.80. The van der Waals surface area contributed by atoms with E-state index in [2.05, 4.69) is 12.2 Å². The van der Waals surface area contributed by atoms with Crippen molar-refractivity contribution in [1.29, 1.82) is 0 Å². The summed E-state index contributed by atoms with van der Waals surface area (Å²) >= 11 is 0. The van der Waals surface area contributed by atoms with Crippen molar-refractivity contribution in [3.63, 3.8) is 0 Å². The van der Waals surface area contributed by atoms with E-state index in [0.29, 0.717) is 25.0 Å². The zero-order valence-electron chi connectivity index (χ0n) is 17.4. The third-order valence-corrected chi connectivity index (χ3v) is 5.60. The summed E-state index contributed by atoms with van der Waals surface area (Å²) < 4.78 is 0. The summed E-state index contributed by atoms with van der Waals surface area (Å²) in [5.41, 5.74) is 29.4. The largest absolute Gasteiger partial charge is 0.330 e. The molecule has 0 aromatic rings. The molecule has 0 aromatic carbocycles. The number of nitrogens with two attached hydrogens (primary N) is 5. The van der Waals surface area contributed by atoms with E-state index in [1.807, 2.05) is 0 Å². The van der Waals surface area contributed by atoms with Gasteiger partial charge in [-0.2, -0.15) is 0 Å². The first-order valence-corrected chi connectivity index (χ1v) is 10.9. The van der Waals surface area contributed by atoms with Crippen LogP contribution in [0.5, 0.6) is 0 Å². The van der Waals surface area contributed by atoms with Crippen LogP contribution in [0, 0.1) is 5.92 Å². The average molecular weight is 373 g/mol. The van der Waals surface area contributed by atoms with Gasteiger partial charge in [0.25, 0.3) is 0 Å². The number of unbranched alkanes of at least 4 members (excludes halogenated alkanes) is 1. The minimum absolute atomic E-state index is 0.125. The van der Waals surface area contributed by atoms with Gasteiger partial charge in [-0.3, -0.25) is 0 Å². The maximum Gasteiger partial charge on any atom is 0.0155 e. The van der Waals surface area contributed by atoms with Gasteiger partial charge in [0.2, 0.25) is 0 Å². The van der Waals surface area contributed by atoms with E-state index in [-0.39, 0.29) is 5.54 Å². The van der Waals surface area contributed by atoms with Gasteiger partial charge in [0.15, 0.2) is 0 Å². The fourth-order valence-corrected chi connectivity index (χ4v) is 3.89. The molecule has 0 aromatic heterocycles. The van der Waals surface area contributed by atoms with Gasteiger partial charge in [0.05, 0.1) is 0 Å². The Bertz CT molecular complexity index is 292. The molecule has 0 aliphatic heterocycles. The van der Waals surface area contributed by atoms with Crippen LogP contribution in [-0.4, -0.2) is 44.3 Å². The second kappa shape index (κ2) is 16.9. The average Bonchev–Trinajstić information content (AvgIpc) is 2.65. The van der Waals surface area contributed by atoms with Crippen LogP contribution in [0.25, 0.3) is 0 Å². The normalized spacial score (nSPS) is 14.5. The summed E-state index contributed by atoms with van der Waals surface area (Å²) in [5.74, 6) is 0.642. The topological polar surface area (TPSA) is 142 Å². The standard InChI is InChI=1S/C20H48N6/c1-2-19(26-17-7-16-24)18(8-3-4-13-21)9-12-20(25,10-5-14-22)11-6-15-23/h18-19,26H,2-17,21-25H2,1H3. The molecule has 158 valence electrons. The first-order valence-electron chi connectivity index (χ1n) is 10.9. The molecule has 0 bridgehead atoms. The van der Waals surface area contributed by atoms with Crippen molar-refractivity contribution in [3.05, 3.63) is 0 Å². The summed E-state index contributed by atoms with van der Waals surface area (Å²) in [5, 5.41) is 3.73.